The molecular weight excluding hydrogens is 539 g/mol. The fraction of sp³-hybridized carbons (Fsp3) is 0.545. The zero-order valence-electron chi connectivity index (χ0n) is 18.8. The molecule has 0 bridgehead atoms. The maximum Gasteiger partial charge on any atom is 0.269 e. The van der Waals surface area contributed by atoms with Crippen molar-refractivity contribution < 1.29 is 14.2 Å². The molecule has 2 saturated heterocycles. The Kier molecular flexibility index (Phi) is 9.44. The molecule has 1 N–H and O–H groups in total. The van der Waals surface area contributed by atoms with Crippen LogP contribution in [-0.4, -0.2) is 71.3 Å². The molecule has 33 heavy (non-hydrogen) atoms. The lowest BCUT2D eigenvalue weighted by Crippen LogP contribution is -2.53. The predicted molar refractivity (Wildman–Crippen MR) is 135 cm³/mol. The number of guanidine groups is 1. The van der Waals surface area contributed by atoms with E-state index in [9.17, 15) is 10.1 Å². The summed E-state index contributed by atoms with van der Waals surface area (Å²) in [6.45, 7) is 8.23. The molecule has 4 rings (SSSR count). The molecule has 1 atom stereocenters. The van der Waals surface area contributed by atoms with Crippen molar-refractivity contribution in [1.29, 1.82) is 0 Å². The molecule has 0 saturated carbocycles. The highest BCUT2D eigenvalue weighted by atomic mass is 127. The Morgan fingerprint density at radius 2 is 2.03 bits per heavy atom. The van der Waals surface area contributed by atoms with Gasteiger partial charge in [0.2, 0.25) is 0 Å². The fourth-order valence-electron chi connectivity index (χ4n) is 4.01. The maximum atomic E-state index is 10.9. The number of benzene rings is 1. The van der Waals surface area contributed by atoms with E-state index in [-0.39, 0.29) is 40.7 Å². The smallest absolute Gasteiger partial charge is 0.269 e. The van der Waals surface area contributed by atoms with Crippen molar-refractivity contribution in [2.75, 3.05) is 39.3 Å². The Balaban J connectivity index is 0.00000306. The first-order valence-corrected chi connectivity index (χ1v) is 11.1. The van der Waals surface area contributed by atoms with Crippen molar-refractivity contribution in [3.8, 4) is 0 Å². The minimum atomic E-state index is -0.387. The molecule has 0 amide bonds. The van der Waals surface area contributed by atoms with E-state index >= 15 is 0 Å². The zero-order valence-corrected chi connectivity index (χ0v) is 21.1. The van der Waals surface area contributed by atoms with Gasteiger partial charge in [0.05, 0.1) is 23.3 Å². The van der Waals surface area contributed by atoms with Gasteiger partial charge in [-0.2, -0.15) is 0 Å². The van der Waals surface area contributed by atoms with Gasteiger partial charge in [0, 0.05) is 64.1 Å². The van der Waals surface area contributed by atoms with Crippen molar-refractivity contribution in [3.05, 3.63) is 57.5 Å². The Morgan fingerprint density at radius 3 is 2.64 bits per heavy atom. The van der Waals surface area contributed by atoms with E-state index in [1.807, 2.05) is 13.0 Å². The van der Waals surface area contributed by atoms with Crippen LogP contribution in [0.4, 0.5) is 5.69 Å². The molecule has 11 heteroatoms. The third-order valence-corrected chi connectivity index (χ3v) is 5.80. The van der Waals surface area contributed by atoms with E-state index in [0.29, 0.717) is 6.54 Å². The molecule has 10 nitrogen and oxygen atoms in total. The number of aryl methyl sites for hydroxylation is 1. The van der Waals surface area contributed by atoms with Crippen LogP contribution in [-0.2, 0) is 17.8 Å². The van der Waals surface area contributed by atoms with Crippen LogP contribution in [0.1, 0.15) is 29.9 Å². The first-order chi connectivity index (χ1) is 15.6. The van der Waals surface area contributed by atoms with Crippen molar-refractivity contribution >= 4 is 35.6 Å². The van der Waals surface area contributed by atoms with Gasteiger partial charge < -0.3 is 19.5 Å². The number of nitro benzene ring substituents is 1. The molecule has 1 unspecified atom stereocenters. The normalized spacial score (nSPS) is 19.4. The summed E-state index contributed by atoms with van der Waals surface area (Å²) in [6, 6.07) is 8.55. The van der Waals surface area contributed by atoms with Crippen LogP contribution in [0.3, 0.4) is 0 Å². The van der Waals surface area contributed by atoms with E-state index in [2.05, 4.69) is 20.3 Å². The lowest BCUT2D eigenvalue weighted by atomic mass is 10.2. The van der Waals surface area contributed by atoms with Crippen molar-refractivity contribution in [2.45, 2.75) is 39.0 Å². The number of aromatic nitrogens is 1. The van der Waals surface area contributed by atoms with Gasteiger partial charge in [-0.05, 0) is 25.3 Å². The van der Waals surface area contributed by atoms with Crippen molar-refractivity contribution in [3.63, 3.8) is 0 Å². The first kappa shape index (κ1) is 25.4. The van der Waals surface area contributed by atoms with Crippen LogP contribution < -0.4 is 5.32 Å². The summed E-state index contributed by atoms with van der Waals surface area (Å²) in [5.74, 6) is 1.69. The SMILES string of the molecule is Cc1cc(CN2CCN(C(=NCc3ccc([N+](=O)[O-])cc3)NCC3CCCO3)CC2)no1.I. The minimum Gasteiger partial charge on any atom is -0.376 e. The van der Waals surface area contributed by atoms with E-state index in [4.69, 9.17) is 14.3 Å². The monoisotopic (exact) mass is 570 g/mol. The number of hydrogen-bond donors (Lipinski definition) is 1. The number of ether oxygens (including phenoxy) is 1. The number of rotatable bonds is 7. The molecule has 2 aliphatic heterocycles. The Morgan fingerprint density at radius 1 is 1.27 bits per heavy atom. The standard InChI is InChI=1S/C22H30N6O4.HI/c1-17-13-19(25-32-17)16-26-8-10-27(11-9-26)22(24-15-21-3-2-12-31-21)23-14-18-4-6-20(7-5-18)28(29)30;/h4-7,13,21H,2-3,8-12,14-16H2,1H3,(H,23,24);1H. The number of nitro groups is 1. The Labute approximate surface area is 210 Å². The maximum absolute atomic E-state index is 10.9. The summed E-state index contributed by atoms with van der Waals surface area (Å²) in [4.78, 5) is 19.9. The highest BCUT2D eigenvalue weighted by Crippen LogP contribution is 2.14. The molecule has 0 spiro atoms. The van der Waals surface area contributed by atoms with Crippen molar-refractivity contribution in [1.82, 2.24) is 20.3 Å². The van der Waals surface area contributed by atoms with Crippen LogP contribution in [0, 0.1) is 17.0 Å². The van der Waals surface area contributed by atoms with Gasteiger partial charge in [-0.1, -0.05) is 17.3 Å². The number of nitrogens with one attached hydrogen (secondary N) is 1. The number of aliphatic imine (C=N–C) groups is 1. The molecule has 180 valence electrons. The van der Waals surface area contributed by atoms with Gasteiger partial charge in [-0.3, -0.25) is 15.0 Å². The van der Waals surface area contributed by atoms with Gasteiger partial charge in [0.25, 0.3) is 5.69 Å². The largest absolute Gasteiger partial charge is 0.376 e. The molecule has 1 aromatic heterocycles. The average molecular weight is 570 g/mol. The summed E-state index contributed by atoms with van der Waals surface area (Å²) in [6.07, 6.45) is 2.38. The topological polar surface area (TPSA) is 109 Å². The molecular formula is C22H31IN6O4. The number of non-ortho nitro benzene ring substituents is 1. The van der Waals surface area contributed by atoms with Gasteiger partial charge in [-0.25, -0.2) is 4.99 Å². The van der Waals surface area contributed by atoms with Crippen LogP contribution in [0.15, 0.2) is 39.8 Å². The summed E-state index contributed by atoms with van der Waals surface area (Å²) in [5.41, 5.74) is 1.99. The molecule has 3 heterocycles. The third-order valence-electron chi connectivity index (χ3n) is 5.80. The minimum absolute atomic E-state index is 0. The van der Waals surface area contributed by atoms with E-state index in [1.54, 1.807) is 12.1 Å². The van der Waals surface area contributed by atoms with Crippen molar-refractivity contribution in [2.24, 2.45) is 4.99 Å². The lowest BCUT2D eigenvalue weighted by Gasteiger charge is -2.36. The number of nitrogens with zero attached hydrogens (tertiary/aromatic N) is 5. The summed E-state index contributed by atoms with van der Waals surface area (Å²) in [5, 5.41) is 18.5. The van der Waals surface area contributed by atoms with E-state index < -0.39 is 0 Å². The van der Waals surface area contributed by atoms with Gasteiger partial charge in [0.1, 0.15) is 5.76 Å². The summed E-state index contributed by atoms with van der Waals surface area (Å²) < 4.78 is 10.9. The van der Waals surface area contributed by atoms with Gasteiger partial charge in [0.15, 0.2) is 5.96 Å². The molecule has 2 aliphatic rings. The quantitative estimate of drug-likeness (QED) is 0.178. The number of piperazine rings is 1. The summed E-state index contributed by atoms with van der Waals surface area (Å²) in [7, 11) is 0. The molecule has 2 fully saturated rings. The second-order valence-electron chi connectivity index (χ2n) is 8.27. The van der Waals surface area contributed by atoms with Crippen LogP contribution >= 0.6 is 24.0 Å². The second kappa shape index (κ2) is 12.3. The Bertz CT molecular complexity index is 921. The van der Waals surface area contributed by atoms with Crippen LogP contribution in [0.5, 0.6) is 0 Å². The fourth-order valence-corrected chi connectivity index (χ4v) is 4.01. The lowest BCUT2D eigenvalue weighted by molar-refractivity contribution is -0.384. The molecule has 1 aromatic carbocycles. The molecule has 2 aromatic rings. The Hall–Kier alpha value is -2.25. The van der Waals surface area contributed by atoms with Crippen LogP contribution in [0.2, 0.25) is 0 Å². The first-order valence-electron chi connectivity index (χ1n) is 11.1. The highest BCUT2D eigenvalue weighted by Gasteiger charge is 2.22. The number of hydrogen-bond acceptors (Lipinski definition) is 7. The third kappa shape index (κ3) is 7.37. The van der Waals surface area contributed by atoms with E-state index in [0.717, 1.165) is 81.7 Å². The highest BCUT2D eigenvalue weighted by molar-refractivity contribution is 14.0. The second-order valence-corrected chi connectivity index (χ2v) is 8.27. The predicted octanol–water partition coefficient (Wildman–Crippen LogP) is 2.95. The molecule has 0 aliphatic carbocycles. The van der Waals surface area contributed by atoms with E-state index in [1.165, 1.54) is 12.1 Å². The van der Waals surface area contributed by atoms with Gasteiger partial charge >= 0.3 is 0 Å². The molecule has 0 radical (unpaired) electrons. The number of halogens is 1. The summed E-state index contributed by atoms with van der Waals surface area (Å²) >= 11 is 0. The zero-order chi connectivity index (χ0) is 22.3. The van der Waals surface area contributed by atoms with Crippen LogP contribution in [0.25, 0.3) is 0 Å². The average Bonchev–Trinajstić information content (AvgIpc) is 3.46. The van der Waals surface area contributed by atoms with Gasteiger partial charge in [-0.15, -0.1) is 24.0 Å².